The molecular formula is C14H19ClN2O3. The monoisotopic (exact) mass is 298 g/mol. The number of halogens is 1. The number of amides is 1. The van der Waals surface area contributed by atoms with E-state index in [1.54, 1.807) is 24.3 Å². The van der Waals surface area contributed by atoms with E-state index in [0.717, 1.165) is 25.9 Å². The molecule has 1 fully saturated rings. The first-order chi connectivity index (χ1) is 9.56. The summed E-state index contributed by atoms with van der Waals surface area (Å²) in [6, 6.07) is 6.31. The second-order valence-electron chi connectivity index (χ2n) is 5.06. The fraction of sp³-hybridized carbons (Fsp3) is 0.500. The maximum Gasteiger partial charge on any atom is 0.405 e. The van der Waals surface area contributed by atoms with Crippen LogP contribution in [0.15, 0.2) is 24.3 Å². The van der Waals surface area contributed by atoms with E-state index in [0.29, 0.717) is 17.1 Å². The molecule has 1 aliphatic rings. The Balaban J connectivity index is 2.09. The molecule has 2 rings (SSSR count). The lowest BCUT2D eigenvalue weighted by Gasteiger charge is -2.27. The van der Waals surface area contributed by atoms with Crippen molar-refractivity contribution in [3.63, 3.8) is 0 Å². The van der Waals surface area contributed by atoms with Gasteiger partial charge in [-0.2, -0.15) is 0 Å². The number of hydrogen-bond acceptors (Lipinski definition) is 3. The number of benzene rings is 1. The molecule has 0 aromatic heterocycles. The van der Waals surface area contributed by atoms with Gasteiger partial charge in [-0.15, -0.1) is 0 Å². The average Bonchev–Trinajstić information content (AvgIpc) is 2.89. The number of aliphatic hydroxyl groups is 1. The largest absolute Gasteiger partial charge is 0.465 e. The van der Waals surface area contributed by atoms with Crippen molar-refractivity contribution >= 4 is 17.7 Å². The van der Waals surface area contributed by atoms with Gasteiger partial charge >= 0.3 is 6.09 Å². The van der Waals surface area contributed by atoms with Gasteiger partial charge in [-0.25, -0.2) is 4.79 Å². The quantitative estimate of drug-likeness (QED) is 0.778. The van der Waals surface area contributed by atoms with Crippen LogP contribution >= 0.6 is 11.6 Å². The lowest BCUT2D eigenvalue weighted by atomic mass is 10.0. The fourth-order valence-corrected chi connectivity index (χ4v) is 2.75. The number of nitrogens with one attached hydrogen (secondary N) is 1. The summed E-state index contributed by atoms with van der Waals surface area (Å²) in [5.41, 5.74) is 0.621. The van der Waals surface area contributed by atoms with Crippen molar-refractivity contribution in [1.29, 1.82) is 0 Å². The molecule has 3 N–H and O–H groups in total. The lowest BCUT2D eigenvalue weighted by molar-refractivity contribution is 0.102. The summed E-state index contributed by atoms with van der Waals surface area (Å²) in [5, 5.41) is 22.3. The van der Waals surface area contributed by atoms with Crippen LogP contribution < -0.4 is 5.32 Å². The normalized spacial score (nSPS) is 18.7. The van der Waals surface area contributed by atoms with Gasteiger partial charge in [0.25, 0.3) is 0 Å². The number of hydrogen-bond donors (Lipinski definition) is 3. The van der Waals surface area contributed by atoms with E-state index < -0.39 is 18.2 Å². The predicted octanol–water partition coefficient (Wildman–Crippen LogP) is 2.11. The van der Waals surface area contributed by atoms with Gasteiger partial charge in [0, 0.05) is 11.6 Å². The molecule has 2 atom stereocenters. The van der Waals surface area contributed by atoms with E-state index >= 15 is 0 Å². The van der Waals surface area contributed by atoms with Crippen molar-refractivity contribution in [2.75, 3.05) is 19.6 Å². The Bertz CT molecular complexity index is 463. The van der Waals surface area contributed by atoms with Crippen LogP contribution in [-0.4, -0.2) is 46.9 Å². The molecule has 20 heavy (non-hydrogen) atoms. The molecule has 0 bridgehead atoms. The topological polar surface area (TPSA) is 72.8 Å². The van der Waals surface area contributed by atoms with Crippen LogP contribution in [0.1, 0.15) is 24.5 Å². The van der Waals surface area contributed by atoms with Crippen LogP contribution in [0.4, 0.5) is 4.79 Å². The molecule has 0 saturated carbocycles. The smallest absolute Gasteiger partial charge is 0.405 e. The first-order valence-electron chi connectivity index (χ1n) is 6.71. The third-order valence-corrected chi connectivity index (χ3v) is 3.77. The molecule has 0 radical (unpaired) electrons. The van der Waals surface area contributed by atoms with Crippen molar-refractivity contribution in [3.8, 4) is 0 Å². The van der Waals surface area contributed by atoms with Crippen LogP contribution in [0.3, 0.4) is 0 Å². The molecule has 110 valence electrons. The van der Waals surface area contributed by atoms with Crippen molar-refractivity contribution in [2.24, 2.45) is 0 Å². The van der Waals surface area contributed by atoms with Gasteiger partial charge in [0.15, 0.2) is 0 Å². The molecule has 1 saturated heterocycles. The van der Waals surface area contributed by atoms with E-state index in [-0.39, 0.29) is 0 Å². The van der Waals surface area contributed by atoms with Crippen LogP contribution in [0.25, 0.3) is 0 Å². The molecule has 1 aliphatic heterocycles. The first kappa shape index (κ1) is 15.1. The average molecular weight is 299 g/mol. The Kier molecular flexibility index (Phi) is 5.23. The van der Waals surface area contributed by atoms with Gasteiger partial charge in [0.2, 0.25) is 0 Å². The molecule has 0 spiro atoms. The number of likely N-dealkylation sites (tertiary alicyclic amines) is 1. The second-order valence-corrected chi connectivity index (χ2v) is 5.50. The number of aliphatic hydroxyl groups excluding tert-OH is 1. The highest BCUT2D eigenvalue weighted by Gasteiger charge is 2.26. The van der Waals surface area contributed by atoms with Gasteiger partial charge in [0.1, 0.15) is 6.10 Å². The molecule has 1 aromatic carbocycles. The Labute approximate surface area is 123 Å². The van der Waals surface area contributed by atoms with E-state index in [2.05, 4.69) is 10.2 Å². The summed E-state index contributed by atoms with van der Waals surface area (Å²) < 4.78 is 0. The summed E-state index contributed by atoms with van der Waals surface area (Å²) in [4.78, 5) is 13.1. The highest BCUT2D eigenvalue weighted by Crippen LogP contribution is 2.22. The van der Waals surface area contributed by atoms with Gasteiger partial charge in [0.05, 0.1) is 6.04 Å². The molecular weight excluding hydrogens is 280 g/mol. The third kappa shape index (κ3) is 4.10. The first-order valence-corrected chi connectivity index (χ1v) is 7.09. The van der Waals surface area contributed by atoms with Crippen LogP contribution in [0.5, 0.6) is 0 Å². The van der Waals surface area contributed by atoms with E-state index in [9.17, 15) is 9.90 Å². The molecule has 5 nitrogen and oxygen atoms in total. The minimum Gasteiger partial charge on any atom is -0.465 e. The summed E-state index contributed by atoms with van der Waals surface area (Å²) in [6.45, 7) is 2.39. The molecule has 1 aromatic rings. The molecule has 0 unspecified atom stereocenters. The summed E-state index contributed by atoms with van der Waals surface area (Å²) in [6.07, 6.45) is 0.195. The molecule has 6 heteroatoms. The van der Waals surface area contributed by atoms with Crippen molar-refractivity contribution < 1.29 is 15.0 Å². The standard InChI is InChI=1S/C14H19ClN2O3/c15-11-5-3-4-10(8-11)13(18)12(16-14(19)20)9-17-6-1-2-7-17/h3-5,8,12-13,16,18H,1-2,6-7,9H2,(H,19,20)/t12-,13-/m1/s1. The number of rotatable bonds is 5. The van der Waals surface area contributed by atoms with E-state index in [4.69, 9.17) is 16.7 Å². The van der Waals surface area contributed by atoms with Gasteiger partial charge in [-0.1, -0.05) is 23.7 Å². The summed E-state index contributed by atoms with van der Waals surface area (Å²) >= 11 is 5.91. The van der Waals surface area contributed by atoms with Gasteiger partial charge in [-0.3, -0.25) is 0 Å². The van der Waals surface area contributed by atoms with Crippen molar-refractivity contribution in [2.45, 2.75) is 25.0 Å². The second kappa shape index (κ2) is 6.92. The Morgan fingerprint density at radius 3 is 2.70 bits per heavy atom. The zero-order valence-electron chi connectivity index (χ0n) is 11.1. The highest BCUT2D eigenvalue weighted by molar-refractivity contribution is 6.30. The van der Waals surface area contributed by atoms with Crippen molar-refractivity contribution in [3.05, 3.63) is 34.9 Å². The van der Waals surface area contributed by atoms with Crippen LogP contribution in [0.2, 0.25) is 5.02 Å². The van der Waals surface area contributed by atoms with Gasteiger partial charge < -0.3 is 20.4 Å². The Morgan fingerprint density at radius 2 is 2.10 bits per heavy atom. The molecule has 1 amide bonds. The summed E-state index contributed by atoms with van der Waals surface area (Å²) in [5.74, 6) is 0. The third-order valence-electron chi connectivity index (χ3n) is 3.53. The maximum atomic E-state index is 10.9. The predicted molar refractivity (Wildman–Crippen MR) is 77.0 cm³/mol. The Morgan fingerprint density at radius 1 is 1.40 bits per heavy atom. The molecule has 0 aliphatic carbocycles. The van der Waals surface area contributed by atoms with E-state index in [1.807, 2.05) is 0 Å². The Hall–Kier alpha value is -1.30. The minimum atomic E-state index is -1.13. The lowest BCUT2D eigenvalue weighted by Crippen LogP contribution is -2.46. The molecule has 1 heterocycles. The van der Waals surface area contributed by atoms with Crippen LogP contribution in [-0.2, 0) is 0 Å². The number of nitrogens with zero attached hydrogens (tertiary/aromatic N) is 1. The zero-order valence-corrected chi connectivity index (χ0v) is 11.9. The minimum absolute atomic E-state index is 0.500. The van der Waals surface area contributed by atoms with E-state index in [1.165, 1.54) is 0 Å². The fourth-order valence-electron chi connectivity index (χ4n) is 2.55. The van der Waals surface area contributed by atoms with Crippen molar-refractivity contribution in [1.82, 2.24) is 10.2 Å². The SMILES string of the molecule is O=C(O)N[C@H](CN1CCCC1)[C@H](O)c1cccc(Cl)c1. The maximum absolute atomic E-state index is 10.9. The number of carboxylic acid groups (broad SMARTS) is 1. The highest BCUT2D eigenvalue weighted by atomic mass is 35.5. The summed E-state index contributed by atoms with van der Waals surface area (Å²) in [7, 11) is 0. The zero-order chi connectivity index (χ0) is 14.5. The van der Waals surface area contributed by atoms with Gasteiger partial charge in [-0.05, 0) is 43.6 Å². The van der Waals surface area contributed by atoms with Crippen LogP contribution in [0, 0.1) is 0 Å². The number of carbonyl (C=O) groups is 1.